The van der Waals surface area contributed by atoms with Crippen LogP contribution >= 0.6 is 43.5 Å². The molecule has 0 aliphatic heterocycles. The molecule has 8 heteroatoms. The van der Waals surface area contributed by atoms with Crippen molar-refractivity contribution in [3.05, 3.63) is 50.7 Å². The minimum absolute atomic E-state index is 0.194. The number of aliphatic imine (C=N–C) groups is 1. The first-order valence-electron chi connectivity index (χ1n) is 6.67. The molecule has 1 aromatic carbocycles. The quantitative estimate of drug-likeness (QED) is 0.241. The molecule has 24 heavy (non-hydrogen) atoms. The molecular formula is C16H15Cl2FeN3S2. The van der Waals surface area contributed by atoms with Crippen molar-refractivity contribution in [2.75, 3.05) is 0 Å². The first kappa shape index (κ1) is 21.2. The molecule has 0 saturated heterocycles. The van der Waals surface area contributed by atoms with Crippen LogP contribution in [0.25, 0.3) is 0 Å². The molecule has 0 aliphatic rings. The first-order chi connectivity index (χ1) is 11.5. The number of thiophene rings is 1. The summed E-state index contributed by atoms with van der Waals surface area (Å²) in [4.78, 5) is 6.69. The number of benzene rings is 1. The van der Waals surface area contributed by atoms with Gasteiger partial charge in [0.15, 0.2) is 5.40 Å². The molecule has 0 amide bonds. The second-order valence-electron chi connectivity index (χ2n) is 4.71. The van der Waals surface area contributed by atoms with Crippen molar-refractivity contribution < 1.29 is 13.1 Å². The third-order valence-corrected chi connectivity index (χ3v) is 4.12. The minimum atomic E-state index is 0.194. The van der Waals surface area contributed by atoms with Gasteiger partial charge in [-0.25, -0.2) is 4.40 Å². The molecule has 0 fully saturated rings. The molecule has 0 spiro atoms. The Kier molecular flexibility index (Phi) is 10.4. The Morgan fingerprint density at radius 3 is 2.21 bits per heavy atom. The van der Waals surface area contributed by atoms with Crippen molar-refractivity contribution >= 4 is 61.6 Å². The van der Waals surface area contributed by atoms with Gasteiger partial charge in [-0.05, 0) is 44.0 Å². The molecule has 0 aliphatic carbocycles. The molecule has 3 nitrogen and oxygen atoms in total. The van der Waals surface area contributed by atoms with Crippen LogP contribution in [0.1, 0.15) is 26.4 Å². The first-order valence-corrected chi connectivity index (χ1v) is 11.3. The number of thiocyanates is 1. The fourth-order valence-electron chi connectivity index (χ4n) is 2.11. The van der Waals surface area contributed by atoms with Crippen LogP contribution in [0.4, 0.5) is 5.69 Å². The molecule has 128 valence electrons. The van der Waals surface area contributed by atoms with Crippen LogP contribution in [0.5, 0.6) is 0 Å². The van der Waals surface area contributed by atoms with Gasteiger partial charge in [-0.1, -0.05) is 17.7 Å². The Morgan fingerprint density at radius 2 is 1.67 bits per heavy atom. The van der Waals surface area contributed by atoms with Crippen LogP contribution in [-0.2, 0) is 13.1 Å². The fourth-order valence-corrected chi connectivity index (χ4v) is 3.15. The van der Waals surface area contributed by atoms with Crippen LogP contribution in [0.2, 0.25) is 0 Å². The van der Waals surface area contributed by atoms with E-state index in [1.165, 1.54) is 16.7 Å². The van der Waals surface area contributed by atoms with Crippen LogP contribution in [0, 0.1) is 31.4 Å². The molecule has 2 rings (SSSR count). The van der Waals surface area contributed by atoms with Crippen LogP contribution in [0.15, 0.2) is 33.7 Å². The zero-order chi connectivity index (χ0) is 17.9. The van der Waals surface area contributed by atoms with E-state index in [2.05, 4.69) is 42.3 Å². The summed E-state index contributed by atoms with van der Waals surface area (Å²) >= 11 is 2.67. The average Bonchev–Trinajstić information content (AvgIpc) is 2.95. The van der Waals surface area contributed by atoms with Gasteiger partial charge in [0.25, 0.3) is 0 Å². The normalized spacial score (nSPS) is 10.8. The second kappa shape index (κ2) is 11.7. The van der Waals surface area contributed by atoms with Crippen molar-refractivity contribution in [1.82, 2.24) is 0 Å². The van der Waals surface area contributed by atoms with Gasteiger partial charge in [0, 0.05) is 16.0 Å². The molecule has 0 N–H and O–H groups in total. The van der Waals surface area contributed by atoms with Gasteiger partial charge in [-0.3, -0.25) is 4.99 Å². The van der Waals surface area contributed by atoms with Gasteiger partial charge >= 0.3 is 33.3 Å². The molecule has 2 aromatic rings. The Labute approximate surface area is 165 Å². The van der Waals surface area contributed by atoms with E-state index in [1.807, 2.05) is 23.7 Å². The monoisotopic (exact) mass is 439 g/mol. The van der Waals surface area contributed by atoms with E-state index < -0.39 is 0 Å². The van der Waals surface area contributed by atoms with Crippen LogP contribution < -0.4 is 0 Å². The summed E-state index contributed by atoms with van der Waals surface area (Å²) < 4.78 is 3.93. The molecule has 1 aromatic heterocycles. The number of rotatable bonds is 4. The van der Waals surface area contributed by atoms with Gasteiger partial charge in [-0.2, -0.15) is 5.26 Å². The Balaban J connectivity index is 0.000000891. The summed E-state index contributed by atoms with van der Waals surface area (Å²) in [6, 6.07) is 8.27. The van der Waals surface area contributed by atoms with E-state index >= 15 is 0 Å². The van der Waals surface area contributed by atoms with Gasteiger partial charge in [0.2, 0.25) is 0 Å². The van der Waals surface area contributed by atoms with Crippen molar-refractivity contribution in [1.29, 1.82) is 5.26 Å². The van der Waals surface area contributed by atoms with E-state index in [9.17, 15) is 0 Å². The van der Waals surface area contributed by atoms with E-state index in [1.54, 1.807) is 17.6 Å². The van der Waals surface area contributed by atoms with Gasteiger partial charge in [0.05, 0.1) is 23.8 Å². The SMILES string of the molecule is Cc1cc(C)c(N=Cc2ccc(/C=N/SC#N)s2)c(C)c1.[Cl][Fe][Cl]. The molecule has 1 heterocycles. The standard InChI is InChI=1S/C16H15N3S2.2ClH.Fe/c1-11-6-12(2)16(13(3)7-11)18-8-14-4-5-15(21-14)9-19-20-10-17;;;/h4-9H,1-3H3;2*1H;/q;;;+2/p-2/b18-8?,19-9+;;;. The van der Waals surface area contributed by atoms with E-state index in [0.717, 1.165) is 27.4 Å². The van der Waals surface area contributed by atoms with E-state index in [4.69, 9.17) is 25.5 Å². The van der Waals surface area contributed by atoms with Gasteiger partial charge in [0.1, 0.15) is 0 Å². The average molecular weight is 440 g/mol. The van der Waals surface area contributed by atoms with Crippen molar-refractivity contribution in [2.24, 2.45) is 9.39 Å². The molecule has 0 unspecified atom stereocenters. The Hall–Kier alpha value is -0.801. The Bertz CT molecular complexity index is 744. The fraction of sp³-hybridized carbons (Fsp3) is 0.188. The van der Waals surface area contributed by atoms with Gasteiger partial charge in [-0.15, -0.1) is 11.3 Å². The van der Waals surface area contributed by atoms with E-state index in [0.29, 0.717) is 0 Å². The zero-order valence-electron chi connectivity index (χ0n) is 13.2. The van der Waals surface area contributed by atoms with Crippen molar-refractivity contribution in [3.63, 3.8) is 0 Å². The predicted molar refractivity (Wildman–Crippen MR) is 105 cm³/mol. The molecular weight excluding hydrogens is 425 g/mol. The topological polar surface area (TPSA) is 48.5 Å². The van der Waals surface area contributed by atoms with Crippen LogP contribution in [0.3, 0.4) is 0 Å². The number of halogens is 2. The number of nitrogens with zero attached hydrogens (tertiary/aromatic N) is 3. The summed E-state index contributed by atoms with van der Waals surface area (Å²) in [6.45, 7) is 6.26. The zero-order valence-corrected chi connectivity index (χ0v) is 17.5. The third-order valence-electron chi connectivity index (χ3n) is 2.88. The Morgan fingerprint density at radius 1 is 1.12 bits per heavy atom. The van der Waals surface area contributed by atoms with Crippen molar-refractivity contribution in [3.8, 4) is 5.40 Å². The third kappa shape index (κ3) is 7.40. The summed E-state index contributed by atoms with van der Waals surface area (Å²) in [5.74, 6) is 0. The molecule has 0 saturated carbocycles. The maximum atomic E-state index is 8.41. The number of hydrogen-bond acceptors (Lipinski definition) is 5. The summed E-state index contributed by atoms with van der Waals surface area (Å²) in [7, 11) is 9.53. The predicted octanol–water partition coefficient (Wildman–Crippen LogP) is 6.35. The second-order valence-corrected chi connectivity index (χ2v) is 8.26. The van der Waals surface area contributed by atoms with Crippen LogP contribution in [-0.4, -0.2) is 12.4 Å². The van der Waals surface area contributed by atoms with E-state index in [-0.39, 0.29) is 13.1 Å². The number of nitriles is 1. The van der Waals surface area contributed by atoms with Crippen molar-refractivity contribution in [2.45, 2.75) is 20.8 Å². The summed E-state index contributed by atoms with van der Waals surface area (Å²) in [6.07, 6.45) is 3.57. The number of aryl methyl sites for hydroxylation is 3. The molecule has 0 atom stereocenters. The number of hydrogen-bond donors (Lipinski definition) is 0. The summed E-state index contributed by atoms with van der Waals surface area (Å²) in [5.41, 5.74) is 4.66. The molecule has 0 bridgehead atoms. The summed E-state index contributed by atoms with van der Waals surface area (Å²) in [5, 5.41) is 10.3. The molecule has 0 radical (unpaired) electrons. The maximum absolute atomic E-state index is 8.41. The van der Waals surface area contributed by atoms with Gasteiger partial charge < -0.3 is 0 Å².